The van der Waals surface area contributed by atoms with E-state index in [1.54, 1.807) is 24.3 Å². The molecule has 2 aliphatic heterocycles. The van der Waals surface area contributed by atoms with Gasteiger partial charge < -0.3 is 40.5 Å². The number of benzene rings is 2. The molecule has 0 unspecified atom stereocenters. The van der Waals surface area contributed by atoms with E-state index in [1.165, 1.54) is 24.0 Å². The molecule has 0 aromatic heterocycles. The van der Waals surface area contributed by atoms with Crippen LogP contribution in [0.3, 0.4) is 0 Å². The van der Waals surface area contributed by atoms with Gasteiger partial charge in [0.15, 0.2) is 0 Å². The number of rotatable bonds is 11. The molecule has 0 bridgehead atoms. The molecule has 0 aliphatic carbocycles. The van der Waals surface area contributed by atoms with Crippen LogP contribution in [0.25, 0.3) is 11.1 Å². The molecule has 2 saturated heterocycles. The Labute approximate surface area is 292 Å². The smallest absolute Gasteiger partial charge is 0.407 e. The van der Waals surface area contributed by atoms with Crippen molar-refractivity contribution in [3.8, 4) is 11.1 Å². The molecule has 6 amide bonds. The third kappa shape index (κ3) is 9.10. The summed E-state index contributed by atoms with van der Waals surface area (Å²) in [7, 11) is 2.47. The fraction of sp³-hybridized carbons (Fsp3) is 0.500. The van der Waals surface area contributed by atoms with Gasteiger partial charge in [-0.05, 0) is 72.9 Å². The Bertz CT molecular complexity index is 1430. The van der Waals surface area contributed by atoms with Gasteiger partial charge in [0.25, 0.3) is 0 Å². The maximum Gasteiger partial charge on any atom is 0.407 e. The quantitative estimate of drug-likeness (QED) is 0.274. The molecule has 0 saturated carbocycles. The van der Waals surface area contributed by atoms with E-state index < -0.39 is 36.4 Å². The predicted molar refractivity (Wildman–Crippen MR) is 187 cm³/mol. The highest BCUT2D eigenvalue weighted by molar-refractivity contribution is 6.00. The molecular weight excluding hydrogens is 644 g/mol. The van der Waals surface area contributed by atoms with E-state index in [0.29, 0.717) is 50.1 Å². The average Bonchev–Trinajstić information content (AvgIpc) is 3.80. The predicted octanol–water partition coefficient (Wildman–Crippen LogP) is 3.97. The Morgan fingerprint density at radius 1 is 0.600 bits per heavy atom. The molecule has 2 aliphatic rings. The van der Waals surface area contributed by atoms with E-state index in [9.17, 15) is 28.8 Å². The van der Waals surface area contributed by atoms with Crippen LogP contribution in [-0.2, 0) is 28.7 Å². The molecule has 4 rings (SSSR count). The van der Waals surface area contributed by atoms with E-state index in [-0.39, 0.29) is 35.5 Å². The van der Waals surface area contributed by atoms with Crippen molar-refractivity contribution < 1.29 is 38.2 Å². The van der Waals surface area contributed by atoms with Crippen molar-refractivity contribution in [2.24, 2.45) is 11.8 Å². The van der Waals surface area contributed by atoms with Crippen LogP contribution in [0.2, 0.25) is 0 Å². The highest BCUT2D eigenvalue weighted by atomic mass is 16.5. The van der Waals surface area contributed by atoms with Gasteiger partial charge in [0.2, 0.25) is 23.6 Å². The molecule has 4 atom stereocenters. The minimum absolute atomic E-state index is 0.196. The van der Waals surface area contributed by atoms with Gasteiger partial charge in [0.1, 0.15) is 24.2 Å². The monoisotopic (exact) mass is 692 g/mol. The second kappa shape index (κ2) is 17.0. The second-order valence-electron chi connectivity index (χ2n) is 13.2. The van der Waals surface area contributed by atoms with Crippen LogP contribution in [0.15, 0.2) is 48.5 Å². The number of nitrogens with zero attached hydrogens (tertiary/aromatic N) is 2. The summed E-state index contributed by atoms with van der Waals surface area (Å²) in [4.78, 5) is 79.8. The standard InChI is InChI=1S/C36H48N6O8/c1-21(2)29(39-35(47)49-5)33(45)41-19-7-9-27(41)31(43)37-25-15-11-23(12-16-25)24-13-17-26(18-14-24)38-32(44)28-10-8-20-42(28)34(46)30(22(3)4)40-36(48)50-6/h11-18,21-22,27-30H,7-10,19-20H2,1-6H3,(H,37,43)(H,38,44)(H,39,47)(H,40,48)/t27-,28-,29+,30+/m0/s1. The Morgan fingerprint density at radius 3 is 1.24 bits per heavy atom. The second-order valence-corrected chi connectivity index (χ2v) is 13.2. The fourth-order valence-corrected chi connectivity index (χ4v) is 6.31. The van der Waals surface area contributed by atoms with Crippen molar-refractivity contribution in [2.45, 2.75) is 77.5 Å². The van der Waals surface area contributed by atoms with Crippen molar-refractivity contribution >= 4 is 47.2 Å². The number of hydrogen-bond donors (Lipinski definition) is 4. The Balaban J connectivity index is 1.35. The van der Waals surface area contributed by atoms with Crippen LogP contribution in [-0.4, -0.2) is 97.1 Å². The van der Waals surface area contributed by atoms with E-state index in [2.05, 4.69) is 30.7 Å². The average molecular weight is 693 g/mol. The van der Waals surface area contributed by atoms with Gasteiger partial charge in [-0.3, -0.25) is 19.2 Å². The number of carbonyl (C=O) groups is 6. The first-order chi connectivity index (χ1) is 23.8. The summed E-state index contributed by atoms with van der Waals surface area (Å²) in [5.74, 6) is -1.63. The normalized spacial score (nSPS) is 18.3. The molecule has 2 aromatic rings. The van der Waals surface area contributed by atoms with Gasteiger partial charge in [-0.25, -0.2) is 9.59 Å². The summed E-state index contributed by atoms with van der Waals surface area (Å²) in [5, 5.41) is 11.0. The SMILES string of the molecule is COC(=O)N[C@@H](C(=O)N1CCC[C@H]1C(=O)Nc1ccc(-c2ccc(NC(=O)[C@@H]3CCCN3C(=O)[C@H](NC(=O)OC)C(C)C)cc2)cc1)C(C)C. The van der Waals surface area contributed by atoms with Crippen LogP contribution in [0, 0.1) is 11.8 Å². The first kappa shape index (κ1) is 37.7. The highest BCUT2D eigenvalue weighted by Gasteiger charge is 2.40. The first-order valence-electron chi connectivity index (χ1n) is 17.0. The number of ether oxygens (including phenoxy) is 2. The lowest BCUT2D eigenvalue weighted by molar-refractivity contribution is -0.139. The van der Waals surface area contributed by atoms with Gasteiger partial charge in [-0.15, -0.1) is 0 Å². The fourth-order valence-electron chi connectivity index (χ4n) is 6.31. The highest BCUT2D eigenvalue weighted by Crippen LogP contribution is 2.27. The minimum atomic E-state index is -0.809. The summed E-state index contributed by atoms with van der Waals surface area (Å²) >= 11 is 0. The molecule has 14 heteroatoms. The molecule has 0 spiro atoms. The molecule has 4 N–H and O–H groups in total. The van der Waals surface area contributed by atoms with Gasteiger partial charge in [-0.1, -0.05) is 52.0 Å². The molecule has 270 valence electrons. The maximum absolute atomic E-state index is 13.3. The van der Waals surface area contributed by atoms with Crippen LogP contribution in [0.4, 0.5) is 21.0 Å². The molecular formula is C36H48N6O8. The Kier molecular flexibility index (Phi) is 12.8. The van der Waals surface area contributed by atoms with Crippen molar-refractivity contribution in [1.82, 2.24) is 20.4 Å². The Hall–Kier alpha value is -5.14. The van der Waals surface area contributed by atoms with Crippen molar-refractivity contribution in [3.63, 3.8) is 0 Å². The number of methoxy groups -OCH3 is 2. The van der Waals surface area contributed by atoms with Gasteiger partial charge in [0, 0.05) is 24.5 Å². The minimum Gasteiger partial charge on any atom is -0.453 e. The molecule has 50 heavy (non-hydrogen) atoms. The van der Waals surface area contributed by atoms with E-state index >= 15 is 0 Å². The summed E-state index contributed by atoms with van der Waals surface area (Å²) in [6, 6.07) is 11.7. The van der Waals surface area contributed by atoms with Gasteiger partial charge in [0.05, 0.1) is 14.2 Å². The number of anilines is 2. The molecule has 2 fully saturated rings. The molecule has 2 aromatic carbocycles. The summed E-state index contributed by atoms with van der Waals surface area (Å²) in [6.45, 7) is 8.12. The number of carbonyl (C=O) groups excluding carboxylic acids is 6. The zero-order valence-electron chi connectivity index (χ0n) is 29.5. The maximum atomic E-state index is 13.3. The largest absolute Gasteiger partial charge is 0.453 e. The van der Waals surface area contributed by atoms with Crippen LogP contribution in [0.1, 0.15) is 53.4 Å². The lowest BCUT2D eigenvalue weighted by atomic mass is 10.0. The van der Waals surface area contributed by atoms with Crippen LogP contribution >= 0.6 is 0 Å². The number of hydrogen-bond acceptors (Lipinski definition) is 8. The number of alkyl carbamates (subject to hydrolysis) is 2. The zero-order chi connectivity index (χ0) is 36.5. The first-order valence-corrected chi connectivity index (χ1v) is 17.0. The molecule has 0 radical (unpaired) electrons. The van der Waals surface area contributed by atoms with Gasteiger partial charge >= 0.3 is 12.2 Å². The van der Waals surface area contributed by atoms with Crippen molar-refractivity contribution in [2.75, 3.05) is 37.9 Å². The number of amides is 6. The number of nitrogens with one attached hydrogen (secondary N) is 4. The van der Waals surface area contributed by atoms with Crippen molar-refractivity contribution in [1.29, 1.82) is 0 Å². The zero-order valence-corrected chi connectivity index (χ0v) is 29.5. The molecule has 2 heterocycles. The van der Waals surface area contributed by atoms with Crippen LogP contribution < -0.4 is 21.3 Å². The lowest BCUT2D eigenvalue weighted by Gasteiger charge is -2.30. The Morgan fingerprint density at radius 2 is 0.940 bits per heavy atom. The van der Waals surface area contributed by atoms with Crippen LogP contribution in [0.5, 0.6) is 0 Å². The molecule has 14 nitrogen and oxygen atoms in total. The third-order valence-corrected chi connectivity index (χ3v) is 9.10. The summed E-state index contributed by atoms with van der Waals surface area (Å²) < 4.78 is 9.34. The van der Waals surface area contributed by atoms with E-state index in [0.717, 1.165) is 11.1 Å². The van der Waals surface area contributed by atoms with Gasteiger partial charge in [-0.2, -0.15) is 0 Å². The summed E-state index contributed by atoms with van der Waals surface area (Å²) in [6.07, 6.45) is 0.976. The van der Waals surface area contributed by atoms with Crippen molar-refractivity contribution in [3.05, 3.63) is 48.5 Å². The van der Waals surface area contributed by atoms with E-state index in [1.807, 2.05) is 52.0 Å². The van der Waals surface area contributed by atoms with E-state index in [4.69, 9.17) is 0 Å². The number of likely N-dealkylation sites (tertiary alicyclic amines) is 2. The third-order valence-electron chi connectivity index (χ3n) is 9.10. The lowest BCUT2D eigenvalue weighted by Crippen LogP contribution is -2.54. The summed E-state index contributed by atoms with van der Waals surface area (Å²) in [5.41, 5.74) is 2.93. The topological polar surface area (TPSA) is 175 Å².